The van der Waals surface area contributed by atoms with Crippen LogP contribution in [0.2, 0.25) is 0 Å². The van der Waals surface area contributed by atoms with E-state index < -0.39 is 18.0 Å². The van der Waals surface area contributed by atoms with Gasteiger partial charge < -0.3 is 20.4 Å². The van der Waals surface area contributed by atoms with E-state index in [9.17, 15) is 14.7 Å². The van der Waals surface area contributed by atoms with Crippen LogP contribution in [0.4, 0.5) is 4.79 Å². The molecule has 20 heavy (non-hydrogen) atoms. The lowest BCUT2D eigenvalue weighted by molar-refractivity contribution is -0.139. The van der Waals surface area contributed by atoms with Crippen LogP contribution in [-0.4, -0.2) is 52.9 Å². The third-order valence-corrected chi connectivity index (χ3v) is 3.12. The molecule has 0 aliphatic carbocycles. The standard InChI is InChI=1S/C14H20N2O4/c1-10(9-17)16(2)14(20)15-12(13(18)19)8-11-6-4-3-5-7-11/h3-7,10,12,17H,8-9H2,1-2H3,(H,15,20)(H,18,19)/t10?,12-/m0/s1. The summed E-state index contributed by atoms with van der Waals surface area (Å²) in [6.07, 6.45) is 0.212. The molecule has 3 N–H and O–H groups in total. The van der Waals surface area contributed by atoms with E-state index in [1.54, 1.807) is 6.92 Å². The fourth-order valence-corrected chi connectivity index (χ4v) is 1.62. The summed E-state index contributed by atoms with van der Waals surface area (Å²) in [5, 5.41) is 20.6. The van der Waals surface area contributed by atoms with Gasteiger partial charge in [0.1, 0.15) is 6.04 Å². The number of aliphatic carboxylic acids is 1. The molecule has 0 aromatic heterocycles. The number of benzene rings is 1. The van der Waals surface area contributed by atoms with Crippen molar-refractivity contribution in [2.45, 2.75) is 25.4 Å². The first-order chi connectivity index (χ1) is 9.45. The van der Waals surface area contributed by atoms with Gasteiger partial charge in [-0.05, 0) is 12.5 Å². The number of amides is 2. The van der Waals surface area contributed by atoms with Crippen molar-refractivity contribution in [1.29, 1.82) is 0 Å². The van der Waals surface area contributed by atoms with E-state index in [0.29, 0.717) is 0 Å². The predicted molar refractivity (Wildman–Crippen MR) is 74.4 cm³/mol. The second-order valence-corrected chi connectivity index (χ2v) is 4.67. The van der Waals surface area contributed by atoms with E-state index in [0.717, 1.165) is 5.56 Å². The number of urea groups is 1. The van der Waals surface area contributed by atoms with Crippen molar-refractivity contribution < 1.29 is 19.8 Å². The van der Waals surface area contributed by atoms with Gasteiger partial charge in [-0.25, -0.2) is 9.59 Å². The number of rotatable bonds is 6. The van der Waals surface area contributed by atoms with E-state index in [1.807, 2.05) is 30.3 Å². The Kier molecular flexibility index (Phi) is 5.99. The van der Waals surface area contributed by atoms with Gasteiger partial charge in [0, 0.05) is 13.5 Å². The molecule has 0 saturated heterocycles. The third-order valence-electron chi connectivity index (χ3n) is 3.12. The van der Waals surface area contributed by atoms with Crippen LogP contribution in [0, 0.1) is 0 Å². The molecule has 2 atom stereocenters. The molecule has 0 bridgehead atoms. The number of carbonyl (C=O) groups excluding carboxylic acids is 1. The number of aliphatic hydroxyl groups is 1. The van der Waals surface area contributed by atoms with E-state index >= 15 is 0 Å². The van der Waals surface area contributed by atoms with Crippen LogP contribution in [0.25, 0.3) is 0 Å². The monoisotopic (exact) mass is 280 g/mol. The molecule has 6 heteroatoms. The van der Waals surface area contributed by atoms with Gasteiger partial charge in [-0.3, -0.25) is 0 Å². The smallest absolute Gasteiger partial charge is 0.326 e. The summed E-state index contributed by atoms with van der Waals surface area (Å²) in [4.78, 5) is 24.4. The van der Waals surface area contributed by atoms with Gasteiger partial charge in [0.2, 0.25) is 0 Å². The van der Waals surface area contributed by atoms with Gasteiger partial charge in [-0.15, -0.1) is 0 Å². The molecule has 0 aliphatic heterocycles. The maximum Gasteiger partial charge on any atom is 0.326 e. The predicted octanol–water partition coefficient (Wildman–Crippen LogP) is 0.704. The topological polar surface area (TPSA) is 89.9 Å². The van der Waals surface area contributed by atoms with Crippen LogP contribution < -0.4 is 5.32 Å². The third kappa shape index (κ3) is 4.55. The summed E-state index contributed by atoms with van der Waals surface area (Å²) in [6, 6.07) is 7.19. The minimum absolute atomic E-state index is 0.180. The number of hydrogen-bond acceptors (Lipinski definition) is 3. The van der Waals surface area contributed by atoms with Crippen molar-refractivity contribution in [3.63, 3.8) is 0 Å². The minimum Gasteiger partial charge on any atom is -0.480 e. The molecule has 6 nitrogen and oxygen atoms in total. The highest BCUT2D eigenvalue weighted by Crippen LogP contribution is 2.04. The van der Waals surface area contributed by atoms with Crippen molar-refractivity contribution >= 4 is 12.0 Å². The average Bonchev–Trinajstić information content (AvgIpc) is 2.45. The second-order valence-electron chi connectivity index (χ2n) is 4.67. The fourth-order valence-electron chi connectivity index (χ4n) is 1.62. The van der Waals surface area contributed by atoms with Crippen molar-refractivity contribution in [3.8, 4) is 0 Å². The quantitative estimate of drug-likeness (QED) is 0.715. The molecular formula is C14H20N2O4. The Morgan fingerprint density at radius 2 is 1.90 bits per heavy atom. The Balaban J connectivity index is 2.68. The van der Waals surface area contributed by atoms with Gasteiger partial charge in [-0.2, -0.15) is 0 Å². The van der Waals surface area contributed by atoms with Crippen LogP contribution in [0.3, 0.4) is 0 Å². The number of nitrogens with zero attached hydrogens (tertiary/aromatic N) is 1. The SMILES string of the molecule is CC(CO)N(C)C(=O)N[C@@H](Cc1ccccc1)C(=O)O. The summed E-state index contributed by atoms with van der Waals surface area (Å²) in [5.41, 5.74) is 0.832. The number of hydrogen-bond donors (Lipinski definition) is 3. The van der Waals surface area contributed by atoms with Gasteiger partial charge in [0.05, 0.1) is 12.6 Å². The Morgan fingerprint density at radius 1 is 1.30 bits per heavy atom. The Morgan fingerprint density at radius 3 is 2.40 bits per heavy atom. The molecule has 0 saturated carbocycles. The molecular weight excluding hydrogens is 260 g/mol. The normalized spacial score (nSPS) is 13.3. The molecule has 1 aromatic rings. The lowest BCUT2D eigenvalue weighted by atomic mass is 10.1. The van der Waals surface area contributed by atoms with Crippen LogP contribution in [0.15, 0.2) is 30.3 Å². The fraction of sp³-hybridized carbons (Fsp3) is 0.429. The maximum absolute atomic E-state index is 11.9. The Bertz CT molecular complexity index is 450. The zero-order chi connectivity index (χ0) is 15.1. The number of nitrogens with one attached hydrogen (secondary N) is 1. The number of carbonyl (C=O) groups is 2. The lowest BCUT2D eigenvalue weighted by Crippen LogP contribution is -2.50. The number of carboxylic acids is 1. The van der Waals surface area contributed by atoms with E-state index in [-0.39, 0.29) is 19.1 Å². The van der Waals surface area contributed by atoms with E-state index in [2.05, 4.69) is 5.32 Å². The molecule has 0 spiro atoms. The van der Waals surface area contributed by atoms with Crippen molar-refractivity contribution in [2.24, 2.45) is 0 Å². The van der Waals surface area contributed by atoms with Crippen molar-refractivity contribution in [1.82, 2.24) is 10.2 Å². The number of aliphatic hydroxyl groups excluding tert-OH is 1. The Hall–Kier alpha value is -2.08. The van der Waals surface area contributed by atoms with Crippen LogP contribution >= 0.6 is 0 Å². The second kappa shape index (κ2) is 7.49. The highest BCUT2D eigenvalue weighted by atomic mass is 16.4. The molecule has 0 radical (unpaired) electrons. The molecule has 1 rings (SSSR count). The van der Waals surface area contributed by atoms with Crippen molar-refractivity contribution in [3.05, 3.63) is 35.9 Å². The first-order valence-corrected chi connectivity index (χ1v) is 6.36. The summed E-state index contributed by atoms with van der Waals surface area (Å²) < 4.78 is 0. The molecule has 0 heterocycles. The maximum atomic E-state index is 11.9. The van der Waals surface area contributed by atoms with Gasteiger partial charge >= 0.3 is 12.0 Å². The van der Waals surface area contributed by atoms with E-state index in [1.165, 1.54) is 11.9 Å². The molecule has 2 amide bonds. The van der Waals surface area contributed by atoms with Crippen LogP contribution in [0.1, 0.15) is 12.5 Å². The number of likely N-dealkylation sites (N-methyl/N-ethyl adjacent to an activating group) is 1. The van der Waals surface area contributed by atoms with Crippen LogP contribution in [0.5, 0.6) is 0 Å². The molecule has 0 aliphatic rings. The first-order valence-electron chi connectivity index (χ1n) is 6.36. The summed E-state index contributed by atoms with van der Waals surface area (Å²) in [6.45, 7) is 1.49. The largest absolute Gasteiger partial charge is 0.480 e. The highest BCUT2D eigenvalue weighted by molar-refractivity contribution is 5.82. The summed E-state index contributed by atoms with van der Waals surface area (Å²) in [5.74, 6) is -1.09. The molecule has 110 valence electrons. The van der Waals surface area contributed by atoms with Crippen molar-refractivity contribution in [2.75, 3.05) is 13.7 Å². The van der Waals surface area contributed by atoms with Gasteiger partial charge in [0.25, 0.3) is 0 Å². The van der Waals surface area contributed by atoms with E-state index in [4.69, 9.17) is 5.11 Å². The summed E-state index contributed by atoms with van der Waals surface area (Å²) >= 11 is 0. The average molecular weight is 280 g/mol. The zero-order valence-electron chi connectivity index (χ0n) is 11.6. The molecule has 0 fully saturated rings. The summed E-state index contributed by atoms with van der Waals surface area (Å²) in [7, 11) is 1.51. The minimum atomic E-state index is -1.09. The highest BCUT2D eigenvalue weighted by Gasteiger charge is 2.23. The molecule has 1 aromatic carbocycles. The zero-order valence-corrected chi connectivity index (χ0v) is 11.6. The van der Waals surface area contributed by atoms with Crippen LogP contribution in [-0.2, 0) is 11.2 Å². The van der Waals surface area contributed by atoms with Gasteiger partial charge in [-0.1, -0.05) is 30.3 Å². The molecule has 1 unspecified atom stereocenters. The number of carboxylic acid groups (broad SMARTS) is 1. The first kappa shape index (κ1) is 16.0. The lowest BCUT2D eigenvalue weighted by Gasteiger charge is -2.25. The Labute approximate surface area is 118 Å². The van der Waals surface area contributed by atoms with Gasteiger partial charge in [0.15, 0.2) is 0 Å².